The fourth-order valence-corrected chi connectivity index (χ4v) is 1.79. The molecule has 0 radical (unpaired) electrons. The Kier molecular flexibility index (Phi) is 7.20. The third-order valence-corrected chi connectivity index (χ3v) is 2.50. The lowest BCUT2D eigenvalue weighted by Crippen LogP contribution is -2.16. The summed E-state index contributed by atoms with van der Waals surface area (Å²) in [5.41, 5.74) is 0. The zero-order valence-electron chi connectivity index (χ0n) is 10.0. The van der Waals surface area contributed by atoms with Crippen molar-refractivity contribution in [3.05, 3.63) is 0 Å². The SMILES string of the molecule is CC(C)CCC(O)CC(C)CC(C)O. The van der Waals surface area contributed by atoms with Crippen molar-refractivity contribution in [1.29, 1.82) is 0 Å². The Hall–Kier alpha value is -0.0800. The van der Waals surface area contributed by atoms with Crippen LogP contribution in [0.4, 0.5) is 0 Å². The van der Waals surface area contributed by atoms with Crippen molar-refractivity contribution >= 4 is 0 Å². The number of aliphatic hydroxyl groups is 2. The standard InChI is InChI=1S/C12H26O2/c1-9(2)5-6-12(14)8-10(3)7-11(4)13/h9-14H,5-8H2,1-4H3. The summed E-state index contributed by atoms with van der Waals surface area (Å²) in [5.74, 6) is 1.08. The van der Waals surface area contributed by atoms with Gasteiger partial charge in [-0.05, 0) is 44.4 Å². The van der Waals surface area contributed by atoms with E-state index < -0.39 is 0 Å². The zero-order valence-corrected chi connectivity index (χ0v) is 10.0. The second kappa shape index (κ2) is 7.24. The maximum Gasteiger partial charge on any atom is 0.0542 e. The molecule has 0 spiro atoms. The zero-order chi connectivity index (χ0) is 11.1. The molecule has 0 amide bonds. The molecular weight excluding hydrogens is 176 g/mol. The topological polar surface area (TPSA) is 40.5 Å². The lowest BCUT2D eigenvalue weighted by molar-refractivity contribution is 0.106. The second-order valence-corrected chi connectivity index (χ2v) is 5.05. The van der Waals surface area contributed by atoms with Crippen LogP contribution in [0.2, 0.25) is 0 Å². The van der Waals surface area contributed by atoms with Crippen molar-refractivity contribution in [2.24, 2.45) is 11.8 Å². The molecule has 0 aliphatic carbocycles. The van der Waals surface area contributed by atoms with Gasteiger partial charge in [0.25, 0.3) is 0 Å². The van der Waals surface area contributed by atoms with E-state index in [4.69, 9.17) is 0 Å². The molecule has 0 aromatic heterocycles. The average molecular weight is 202 g/mol. The average Bonchev–Trinajstić information content (AvgIpc) is 1.98. The van der Waals surface area contributed by atoms with E-state index in [0.29, 0.717) is 11.8 Å². The molecule has 0 saturated carbocycles. The summed E-state index contributed by atoms with van der Waals surface area (Å²) in [6.07, 6.45) is 3.15. The third kappa shape index (κ3) is 8.52. The Morgan fingerprint density at radius 1 is 0.857 bits per heavy atom. The fraction of sp³-hybridized carbons (Fsp3) is 1.00. The van der Waals surface area contributed by atoms with E-state index in [1.54, 1.807) is 6.92 Å². The van der Waals surface area contributed by atoms with Gasteiger partial charge >= 0.3 is 0 Å². The molecule has 3 unspecified atom stereocenters. The summed E-state index contributed by atoms with van der Waals surface area (Å²) < 4.78 is 0. The molecule has 0 saturated heterocycles. The Morgan fingerprint density at radius 2 is 1.43 bits per heavy atom. The molecule has 2 heteroatoms. The summed E-state index contributed by atoms with van der Waals surface area (Å²) in [6.45, 7) is 8.24. The minimum absolute atomic E-state index is 0.189. The van der Waals surface area contributed by atoms with Gasteiger partial charge in [0.15, 0.2) is 0 Å². The van der Waals surface area contributed by atoms with Gasteiger partial charge in [-0.2, -0.15) is 0 Å². The molecule has 3 atom stereocenters. The number of rotatable bonds is 7. The van der Waals surface area contributed by atoms with E-state index in [-0.39, 0.29) is 12.2 Å². The third-order valence-electron chi connectivity index (χ3n) is 2.50. The highest BCUT2D eigenvalue weighted by molar-refractivity contribution is 4.64. The lowest BCUT2D eigenvalue weighted by Gasteiger charge is -2.18. The van der Waals surface area contributed by atoms with Gasteiger partial charge in [0.1, 0.15) is 0 Å². The van der Waals surface area contributed by atoms with Crippen LogP contribution in [0.5, 0.6) is 0 Å². The molecule has 2 nitrogen and oxygen atoms in total. The summed E-state index contributed by atoms with van der Waals surface area (Å²) in [4.78, 5) is 0. The van der Waals surface area contributed by atoms with E-state index in [9.17, 15) is 10.2 Å². The van der Waals surface area contributed by atoms with E-state index in [1.807, 2.05) is 0 Å². The molecule has 0 fully saturated rings. The van der Waals surface area contributed by atoms with Crippen LogP contribution in [-0.4, -0.2) is 22.4 Å². The monoisotopic (exact) mass is 202 g/mol. The molecule has 86 valence electrons. The van der Waals surface area contributed by atoms with Gasteiger partial charge in [0.2, 0.25) is 0 Å². The number of hydrogen-bond acceptors (Lipinski definition) is 2. The van der Waals surface area contributed by atoms with E-state index >= 15 is 0 Å². The molecular formula is C12H26O2. The van der Waals surface area contributed by atoms with Crippen LogP contribution in [0.3, 0.4) is 0 Å². The van der Waals surface area contributed by atoms with Crippen LogP contribution in [-0.2, 0) is 0 Å². The molecule has 0 rings (SSSR count). The number of hydrogen-bond donors (Lipinski definition) is 2. The molecule has 0 aromatic carbocycles. The molecule has 0 aliphatic heterocycles. The molecule has 0 bridgehead atoms. The number of aliphatic hydroxyl groups excluding tert-OH is 2. The van der Waals surface area contributed by atoms with Crippen LogP contribution in [0, 0.1) is 11.8 Å². The van der Waals surface area contributed by atoms with Gasteiger partial charge < -0.3 is 10.2 Å². The van der Waals surface area contributed by atoms with Gasteiger partial charge in [-0.3, -0.25) is 0 Å². The predicted molar refractivity (Wildman–Crippen MR) is 60.2 cm³/mol. The fourth-order valence-electron chi connectivity index (χ4n) is 1.79. The highest BCUT2D eigenvalue weighted by Gasteiger charge is 2.12. The van der Waals surface area contributed by atoms with Crippen LogP contribution < -0.4 is 0 Å². The van der Waals surface area contributed by atoms with Crippen molar-refractivity contribution in [1.82, 2.24) is 0 Å². The Labute approximate surface area is 88.3 Å². The van der Waals surface area contributed by atoms with Crippen LogP contribution in [0.1, 0.15) is 53.4 Å². The van der Waals surface area contributed by atoms with Gasteiger partial charge in [-0.25, -0.2) is 0 Å². The highest BCUT2D eigenvalue weighted by atomic mass is 16.3. The van der Waals surface area contributed by atoms with Crippen molar-refractivity contribution < 1.29 is 10.2 Å². The quantitative estimate of drug-likeness (QED) is 0.666. The normalized spacial score (nSPS) is 18.2. The van der Waals surface area contributed by atoms with Gasteiger partial charge in [-0.1, -0.05) is 20.8 Å². The summed E-state index contributed by atoms with van der Waals surface area (Å²) in [5, 5.41) is 18.9. The molecule has 2 N–H and O–H groups in total. The Balaban J connectivity index is 3.55. The van der Waals surface area contributed by atoms with Crippen molar-refractivity contribution in [2.45, 2.75) is 65.6 Å². The first-order valence-electron chi connectivity index (χ1n) is 5.78. The van der Waals surface area contributed by atoms with Crippen LogP contribution in [0.15, 0.2) is 0 Å². The van der Waals surface area contributed by atoms with Crippen molar-refractivity contribution in [3.8, 4) is 0 Å². The lowest BCUT2D eigenvalue weighted by atomic mass is 9.94. The van der Waals surface area contributed by atoms with E-state index in [1.165, 1.54) is 0 Å². The van der Waals surface area contributed by atoms with Crippen LogP contribution in [0.25, 0.3) is 0 Å². The highest BCUT2D eigenvalue weighted by Crippen LogP contribution is 2.17. The first-order chi connectivity index (χ1) is 6.41. The molecule has 0 heterocycles. The van der Waals surface area contributed by atoms with E-state index in [0.717, 1.165) is 25.7 Å². The first-order valence-corrected chi connectivity index (χ1v) is 5.78. The summed E-state index contributed by atoms with van der Waals surface area (Å²) in [6, 6.07) is 0. The minimum atomic E-state index is -0.248. The molecule has 0 aliphatic rings. The smallest absolute Gasteiger partial charge is 0.0542 e. The largest absolute Gasteiger partial charge is 0.393 e. The van der Waals surface area contributed by atoms with Gasteiger partial charge in [0, 0.05) is 0 Å². The Bertz CT molecular complexity index is 132. The summed E-state index contributed by atoms with van der Waals surface area (Å²) >= 11 is 0. The van der Waals surface area contributed by atoms with Crippen LogP contribution >= 0.6 is 0 Å². The van der Waals surface area contributed by atoms with Gasteiger partial charge in [-0.15, -0.1) is 0 Å². The maximum absolute atomic E-state index is 9.70. The minimum Gasteiger partial charge on any atom is -0.393 e. The second-order valence-electron chi connectivity index (χ2n) is 5.05. The maximum atomic E-state index is 9.70. The molecule has 14 heavy (non-hydrogen) atoms. The van der Waals surface area contributed by atoms with Gasteiger partial charge in [0.05, 0.1) is 12.2 Å². The summed E-state index contributed by atoms with van der Waals surface area (Å²) in [7, 11) is 0. The first kappa shape index (κ1) is 13.9. The Morgan fingerprint density at radius 3 is 1.86 bits per heavy atom. The van der Waals surface area contributed by atoms with E-state index in [2.05, 4.69) is 20.8 Å². The predicted octanol–water partition coefficient (Wildman–Crippen LogP) is 2.58. The van der Waals surface area contributed by atoms with Crippen molar-refractivity contribution in [3.63, 3.8) is 0 Å². The molecule has 0 aromatic rings. The van der Waals surface area contributed by atoms with Crippen molar-refractivity contribution in [2.75, 3.05) is 0 Å².